The zero-order valence-corrected chi connectivity index (χ0v) is 15.5. The Balaban J connectivity index is 2.20. The molecule has 1 heterocycles. The topological polar surface area (TPSA) is 62.2 Å². The normalized spacial score (nSPS) is 10.5. The number of pyridine rings is 1. The first-order valence-electron chi connectivity index (χ1n) is 7.76. The minimum absolute atomic E-state index is 0.0440. The number of carbonyl (C=O) groups is 1. The molecule has 0 fully saturated rings. The van der Waals surface area contributed by atoms with Crippen molar-refractivity contribution in [1.82, 2.24) is 10.3 Å². The molecule has 24 heavy (non-hydrogen) atoms. The zero-order chi connectivity index (χ0) is 17.7. The van der Waals surface area contributed by atoms with Gasteiger partial charge in [-0.3, -0.25) is 9.78 Å². The molecule has 1 aromatic carbocycles. The van der Waals surface area contributed by atoms with E-state index in [4.69, 9.17) is 0 Å². The summed E-state index contributed by atoms with van der Waals surface area (Å²) in [5.41, 5.74) is 4.50. The van der Waals surface area contributed by atoms with Gasteiger partial charge in [0.15, 0.2) is 0 Å². The van der Waals surface area contributed by atoms with Crippen LogP contribution in [0.2, 0.25) is 0 Å². The van der Waals surface area contributed by atoms with Crippen LogP contribution in [-0.4, -0.2) is 16.0 Å². The molecule has 1 aromatic heterocycles. The predicted octanol–water partition coefficient (Wildman–Crippen LogP) is 4.22. The highest BCUT2D eigenvalue weighted by atomic mass is 79.9. The highest BCUT2D eigenvalue weighted by Crippen LogP contribution is 2.27. The van der Waals surface area contributed by atoms with Gasteiger partial charge in [0, 0.05) is 17.9 Å². The molecule has 2 rings (SSSR count). The summed E-state index contributed by atoms with van der Waals surface area (Å²) in [6.07, 6.45) is 3.63. The molecule has 126 valence electrons. The molecule has 0 unspecified atom stereocenters. The van der Waals surface area contributed by atoms with Crippen molar-refractivity contribution in [2.45, 2.75) is 33.2 Å². The van der Waals surface area contributed by atoms with Crippen molar-refractivity contribution in [3.8, 4) is 5.75 Å². The molecule has 1 amide bonds. The third-order valence-electron chi connectivity index (χ3n) is 3.82. The number of carbonyl (C=O) groups excluding carboxylic acids is 1. The smallest absolute Gasteiger partial charge is 0.252 e. The highest BCUT2D eigenvalue weighted by molar-refractivity contribution is 9.10. The van der Waals surface area contributed by atoms with Gasteiger partial charge in [-0.05, 0) is 71.9 Å². The molecule has 0 saturated carbocycles. The van der Waals surface area contributed by atoms with Crippen molar-refractivity contribution < 1.29 is 9.90 Å². The summed E-state index contributed by atoms with van der Waals surface area (Å²) in [5, 5.41) is 12.6. The van der Waals surface area contributed by atoms with Gasteiger partial charge in [0.25, 0.3) is 5.91 Å². The van der Waals surface area contributed by atoms with Gasteiger partial charge >= 0.3 is 0 Å². The molecule has 0 aliphatic carbocycles. The number of rotatable bonds is 6. The maximum absolute atomic E-state index is 12.4. The van der Waals surface area contributed by atoms with Gasteiger partial charge in [-0.2, -0.15) is 0 Å². The lowest BCUT2D eigenvalue weighted by molar-refractivity contribution is 0.0949. The van der Waals surface area contributed by atoms with Crippen LogP contribution < -0.4 is 5.32 Å². The number of allylic oxidation sites excluding steroid dienone is 1. The molecular formula is C19H21BrN2O2. The van der Waals surface area contributed by atoms with Gasteiger partial charge < -0.3 is 10.4 Å². The van der Waals surface area contributed by atoms with Crippen LogP contribution in [0.25, 0.3) is 0 Å². The Morgan fingerprint density at radius 2 is 2.17 bits per heavy atom. The van der Waals surface area contributed by atoms with Crippen molar-refractivity contribution in [1.29, 1.82) is 0 Å². The Hall–Kier alpha value is -2.14. The van der Waals surface area contributed by atoms with E-state index in [1.54, 1.807) is 12.1 Å². The van der Waals surface area contributed by atoms with E-state index in [2.05, 4.69) is 38.9 Å². The minimum Gasteiger partial charge on any atom is -0.507 e. The molecule has 0 spiro atoms. The number of aryl methyl sites for hydroxylation is 3. The van der Waals surface area contributed by atoms with E-state index in [0.29, 0.717) is 16.6 Å². The number of hydrogen-bond acceptors (Lipinski definition) is 3. The lowest BCUT2D eigenvalue weighted by atomic mass is 10.0. The van der Waals surface area contributed by atoms with Crippen molar-refractivity contribution in [3.63, 3.8) is 0 Å². The summed E-state index contributed by atoms with van der Waals surface area (Å²) in [5.74, 6) is -0.199. The van der Waals surface area contributed by atoms with Gasteiger partial charge in [0.05, 0.1) is 10.0 Å². The van der Waals surface area contributed by atoms with Crippen LogP contribution in [0.5, 0.6) is 5.75 Å². The lowest BCUT2D eigenvalue weighted by Gasteiger charge is -2.14. The van der Waals surface area contributed by atoms with E-state index < -0.39 is 0 Å². The van der Waals surface area contributed by atoms with Crippen LogP contribution in [0.4, 0.5) is 0 Å². The number of halogens is 1. The SMILES string of the molecule is C=CCCc1cc(C)nc(C)c1CNC(=O)c1cccc(O)c1Br. The monoisotopic (exact) mass is 388 g/mol. The van der Waals surface area contributed by atoms with Crippen molar-refractivity contribution >= 4 is 21.8 Å². The molecule has 2 N–H and O–H groups in total. The first-order valence-corrected chi connectivity index (χ1v) is 8.56. The highest BCUT2D eigenvalue weighted by Gasteiger charge is 2.14. The largest absolute Gasteiger partial charge is 0.507 e. The van der Waals surface area contributed by atoms with Gasteiger partial charge in [0.2, 0.25) is 0 Å². The van der Waals surface area contributed by atoms with Gasteiger partial charge in [0.1, 0.15) is 5.75 Å². The van der Waals surface area contributed by atoms with E-state index in [9.17, 15) is 9.90 Å². The fourth-order valence-electron chi connectivity index (χ4n) is 2.62. The van der Waals surface area contributed by atoms with Crippen molar-refractivity contribution in [2.24, 2.45) is 0 Å². The number of benzene rings is 1. The summed E-state index contributed by atoms with van der Waals surface area (Å²) >= 11 is 3.25. The Kier molecular flexibility index (Phi) is 6.15. The standard InChI is InChI=1S/C19H21BrN2O2/c1-4-5-7-14-10-12(2)22-13(3)16(14)11-21-19(24)15-8-6-9-17(23)18(15)20/h4,6,8-10,23H,1,5,7,11H2,2-3H3,(H,21,24). The molecule has 0 aliphatic heterocycles. The molecule has 0 aliphatic rings. The second kappa shape index (κ2) is 8.11. The first kappa shape index (κ1) is 18.2. The molecule has 2 aromatic rings. The minimum atomic E-state index is -0.243. The lowest BCUT2D eigenvalue weighted by Crippen LogP contribution is -2.24. The molecule has 4 nitrogen and oxygen atoms in total. The average Bonchev–Trinajstić information content (AvgIpc) is 2.54. The Bertz CT molecular complexity index is 772. The molecule has 0 radical (unpaired) electrons. The van der Waals surface area contributed by atoms with Crippen LogP contribution in [0.15, 0.2) is 41.4 Å². The molecule has 0 atom stereocenters. The number of nitrogens with one attached hydrogen (secondary N) is 1. The van der Waals surface area contributed by atoms with E-state index in [-0.39, 0.29) is 11.7 Å². The quantitative estimate of drug-likeness (QED) is 0.728. The van der Waals surface area contributed by atoms with Crippen LogP contribution >= 0.6 is 15.9 Å². The molecular weight excluding hydrogens is 368 g/mol. The van der Waals surface area contributed by atoms with E-state index in [1.165, 1.54) is 11.6 Å². The number of aromatic hydroxyl groups is 1. The van der Waals surface area contributed by atoms with Gasteiger partial charge in [-0.15, -0.1) is 6.58 Å². The fourth-order valence-corrected chi connectivity index (χ4v) is 3.06. The van der Waals surface area contributed by atoms with Gasteiger partial charge in [-0.25, -0.2) is 0 Å². The maximum Gasteiger partial charge on any atom is 0.252 e. The fraction of sp³-hybridized carbons (Fsp3) is 0.263. The number of phenolic OH excluding ortho intramolecular Hbond substituents is 1. The molecule has 0 bridgehead atoms. The van der Waals surface area contributed by atoms with E-state index in [0.717, 1.165) is 29.8 Å². The maximum atomic E-state index is 12.4. The third kappa shape index (κ3) is 4.23. The third-order valence-corrected chi connectivity index (χ3v) is 4.65. The number of nitrogens with zero attached hydrogens (tertiary/aromatic N) is 1. The van der Waals surface area contributed by atoms with Crippen LogP contribution in [0, 0.1) is 13.8 Å². The summed E-state index contributed by atoms with van der Waals surface area (Å²) in [6.45, 7) is 8.09. The zero-order valence-electron chi connectivity index (χ0n) is 13.9. The average molecular weight is 389 g/mol. The van der Waals surface area contributed by atoms with Crippen LogP contribution in [-0.2, 0) is 13.0 Å². The summed E-state index contributed by atoms with van der Waals surface area (Å²) in [4.78, 5) is 16.9. The molecule has 5 heteroatoms. The number of aromatic nitrogens is 1. The number of amides is 1. The number of hydrogen-bond donors (Lipinski definition) is 2. The van der Waals surface area contributed by atoms with Crippen LogP contribution in [0.1, 0.15) is 39.3 Å². The summed E-state index contributed by atoms with van der Waals surface area (Å²) in [6, 6.07) is 6.89. The Morgan fingerprint density at radius 3 is 2.88 bits per heavy atom. The second-order valence-corrected chi connectivity index (χ2v) is 6.43. The van der Waals surface area contributed by atoms with Crippen molar-refractivity contribution in [3.05, 3.63) is 69.5 Å². The first-order chi connectivity index (χ1) is 11.4. The second-order valence-electron chi connectivity index (χ2n) is 5.64. The van der Waals surface area contributed by atoms with Crippen LogP contribution in [0.3, 0.4) is 0 Å². The Morgan fingerprint density at radius 1 is 1.42 bits per heavy atom. The summed E-state index contributed by atoms with van der Waals surface area (Å²) in [7, 11) is 0. The van der Waals surface area contributed by atoms with Crippen molar-refractivity contribution in [2.75, 3.05) is 0 Å². The van der Waals surface area contributed by atoms with E-state index >= 15 is 0 Å². The van der Waals surface area contributed by atoms with E-state index in [1.807, 2.05) is 19.9 Å². The molecule has 0 saturated heterocycles. The predicted molar refractivity (Wildman–Crippen MR) is 99.2 cm³/mol. The number of phenols is 1. The summed E-state index contributed by atoms with van der Waals surface area (Å²) < 4.78 is 0.396. The van der Waals surface area contributed by atoms with Gasteiger partial charge in [-0.1, -0.05) is 12.1 Å². The Labute approximate surface area is 150 Å².